The number of nitrogens with one attached hydrogen (secondary N) is 1. The summed E-state index contributed by atoms with van der Waals surface area (Å²) in [4.78, 5) is 19.7. The van der Waals surface area contributed by atoms with Gasteiger partial charge >= 0.3 is 0 Å². The zero-order chi connectivity index (χ0) is 16.4. The van der Waals surface area contributed by atoms with Crippen molar-refractivity contribution in [1.82, 2.24) is 24.9 Å². The number of thiophene rings is 1. The Hall–Kier alpha value is -2.74. The third kappa shape index (κ3) is 3.00. The summed E-state index contributed by atoms with van der Waals surface area (Å²) in [5, 5.41) is 13.1. The molecule has 0 spiro atoms. The Morgan fingerprint density at radius 2 is 2.42 bits per heavy atom. The first-order valence-corrected chi connectivity index (χ1v) is 8.59. The van der Waals surface area contributed by atoms with Crippen molar-refractivity contribution in [3.63, 3.8) is 0 Å². The van der Waals surface area contributed by atoms with E-state index in [0.717, 1.165) is 35.9 Å². The monoisotopic (exact) mass is 340 g/mol. The maximum Gasteiger partial charge on any atom is 0.244 e. The van der Waals surface area contributed by atoms with Gasteiger partial charge in [-0.05, 0) is 23.9 Å². The summed E-state index contributed by atoms with van der Waals surface area (Å²) in [6, 6.07) is 4.06. The van der Waals surface area contributed by atoms with Crippen LogP contribution in [0.2, 0.25) is 0 Å². The highest BCUT2D eigenvalue weighted by Crippen LogP contribution is 2.21. The van der Waals surface area contributed by atoms with Crippen molar-refractivity contribution in [3.8, 4) is 0 Å². The van der Waals surface area contributed by atoms with E-state index in [9.17, 15) is 4.79 Å². The highest BCUT2D eigenvalue weighted by atomic mass is 32.1. The van der Waals surface area contributed by atoms with E-state index in [-0.39, 0.29) is 11.9 Å². The predicted molar refractivity (Wildman–Crippen MR) is 92.9 cm³/mol. The van der Waals surface area contributed by atoms with Gasteiger partial charge in [-0.1, -0.05) is 6.07 Å². The Labute approximate surface area is 142 Å². The first-order chi connectivity index (χ1) is 11.8. The van der Waals surface area contributed by atoms with E-state index in [4.69, 9.17) is 0 Å². The highest BCUT2D eigenvalue weighted by molar-refractivity contribution is 7.10. The van der Waals surface area contributed by atoms with Crippen LogP contribution in [-0.2, 0) is 4.79 Å². The maximum atomic E-state index is 12.1. The molecule has 1 N–H and O–H groups in total. The molecule has 1 unspecified atom stereocenters. The summed E-state index contributed by atoms with van der Waals surface area (Å²) in [5.41, 5.74) is 0.738. The van der Waals surface area contributed by atoms with Crippen LogP contribution in [0.5, 0.6) is 0 Å². The van der Waals surface area contributed by atoms with E-state index < -0.39 is 0 Å². The summed E-state index contributed by atoms with van der Waals surface area (Å²) in [6.45, 7) is 1.55. The minimum absolute atomic E-state index is 0.0658. The lowest BCUT2D eigenvalue weighted by molar-refractivity contribution is -0.117. The molecule has 1 fully saturated rings. The average Bonchev–Trinajstić information content (AvgIpc) is 3.33. The van der Waals surface area contributed by atoms with Gasteiger partial charge in [-0.3, -0.25) is 9.20 Å². The number of rotatable bonds is 4. The number of nitrogens with zero attached hydrogens (tertiary/aromatic N) is 5. The minimum Gasteiger partial charge on any atom is -0.351 e. The first-order valence-electron chi connectivity index (χ1n) is 7.71. The van der Waals surface area contributed by atoms with E-state index in [1.807, 2.05) is 34.2 Å². The molecule has 0 aromatic carbocycles. The van der Waals surface area contributed by atoms with E-state index in [1.54, 1.807) is 29.9 Å². The lowest BCUT2D eigenvalue weighted by Crippen LogP contribution is -2.36. The van der Waals surface area contributed by atoms with Crippen LogP contribution in [0.1, 0.15) is 11.3 Å². The zero-order valence-corrected chi connectivity index (χ0v) is 13.7. The molecule has 0 aliphatic carbocycles. The number of amides is 1. The second-order valence-electron chi connectivity index (χ2n) is 5.60. The minimum atomic E-state index is -0.0658. The smallest absolute Gasteiger partial charge is 0.244 e. The number of carbonyl (C=O) groups excluding carboxylic acids is 1. The van der Waals surface area contributed by atoms with Crippen molar-refractivity contribution < 1.29 is 4.79 Å². The molecule has 0 saturated carbocycles. The van der Waals surface area contributed by atoms with Crippen LogP contribution in [0.15, 0.2) is 42.3 Å². The summed E-state index contributed by atoms with van der Waals surface area (Å²) >= 11 is 1.61. The first kappa shape index (κ1) is 14.8. The van der Waals surface area contributed by atoms with Crippen LogP contribution in [0.3, 0.4) is 0 Å². The molecule has 1 amide bonds. The van der Waals surface area contributed by atoms with Crippen molar-refractivity contribution in [2.24, 2.45) is 0 Å². The number of hydrogen-bond donors (Lipinski definition) is 1. The van der Waals surface area contributed by atoms with Crippen LogP contribution in [-0.4, -0.2) is 44.6 Å². The van der Waals surface area contributed by atoms with Crippen LogP contribution in [0.25, 0.3) is 11.7 Å². The van der Waals surface area contributed by atoms with Crippen molar-refractivity contribution in [2.75, 3.05) is 18.0 Å². The molecule has 0 radical (unpaired) electrons. The van der Waals surface area contributed by atoms with E-state index >= 15 is 0 Å². The van der Waals surface area contributed by atoms with Gasteiger partial charge in [0, 0.05) is 42.5 Å². The van der Waals surface area contributed by atoms with Gasteiger partial charge in [0.15, 0.2) is 5.82 Å². The van der Waals surface area contributed by atoms with Gasteiger partial charge in [-0.25, -0.2) is 4.98 Å². The fourth-order valence-corrected chi connectivity index (χ4v) is 3.45. The predicted octanol–water partition coefficient (Wildman–Crippen LogP) is 1.59. The second-order valence-corrected chi connectivity index (χ2v) is 6.58. The summed E-state index contributed by atoms with van der Waals surface area (Å²) in [7, 11) is 0. The van der Waals surface area contributed by atoms with Crippen LogP contribution in [0.4, 0.5) is 5.82 Å². The normalized spacial score (nSPS) is 17.8. The average molecular weight is 340 g/mol. The van der Waals surface area contributed by atoms with Crippen LogP contribution < -0.4 is 10.2 Å². The molecule has 1 aliphatic heterocycles. The number of aromatic nitrogens is 4. The lowest BCUT2D eigenvalue weighted by atomic mass is 10.2. The Morgan fingerprint density at radius 3 is 3.29 bits per heavy atom. The lowest BCUT2D eigenvalue weighted by Gasteiger charge is -2.17. The van der Waals surface area contributed by atoms with Gasteiger partial charge in [0.2, 0.25) is 11.6 Å². The van der Waals surface area contributed by atoms with E-state index in [1.165, 1.54) is 0 Å². The molecule has 0 bridgehead atoms. The molecule has 3 aromatic heterocycles. The Balaban J connectivity index is 1.40. The Morgan fingerprint density at radius 1 is 1.46 bits per heavy atom. The summed E-state index contributed by atoms with van der Waals surface area (Å²) in [5.74, 6) is 0.741. The Kier molecular flexibility index (Phi) is 3.96. The van der Waals surface area contributed by atoms with Crippen molar-refractivity contribution in [1.29, 1.82) is 0 Å². The zero-order valence-electron chi connectivity index (χ0n) is 12.9. The van der Waals surface area contributed by atoms with Crippen molar-refractivity contribution in [2.45, 2.75) is 12.5 Å². The van der Waals surface area contributed by atoms with Crippen molar-refractivity contribution in [3.05, 3.63) is 47.2 Å². The fourth-order valence-electron chi connectivity index (χ4n) is 2.83. The van der Waals surface area contributed by atoms with Crippen LogP contribution >= 0.6 is 11.3 Å². The molecule has 4 rings (SSSR count). The maximum absolute atomic E-state index is 12.1. The molecular weight excluding hydrogens is 324 g/mol. The van der Waals surface area contributed by atoms with Gasteiger partial charge in [-0.2, -0.15) is 0 Å². The summed E-state index contributed by atoms with van der Waals surface area (Å²) < 4.78 is 1.85. The number of fused-ring (bicyclic) bond motifs is 1. The van der Waals surface area contributed by atoms with Gasteiger partial charge in [-0.15, -0.1) is 21.5 Å². The molecule has 7 nitrogen and oxygen atoms in total. The molecule has 1 atom stereocenters. The fraction of sp³-hybridized carbons (Fsp3) is 0.250. The topological polar surface area (TPSA) is 75.4 Å². The van der Waals surface area contributed by atoms with Gasteiger partial charge in [0.25, 0.3) is 0 Å². The van der Waals surface area contributed by atoms with Gasteiger partial charge < -0.3 is 10.2 Å². The molecule has 122 valence electrons. The molecule has 8 heteroatoms. The number of hydrogen-bond acceptors (Lipinski definition) is 6. The van der Waals surface area contributed by atoms with Crippen LogP contribution in [0, 0.1) is 0 Å². The Bertz CT molecular complexity index is 872. The van der Waals surface area contributed by atoms with Crippen molar-refractivity contribution >= 4 is 34.8 Å². The number of anilines is 1. The molecule has 4 heterocycles. The quantitative estimate of drug-likeness (QED) is 0.730. The third-order valence-electron chi connectivity index (χ3n) is 3.97. The molecule has 24 heavy (non-hydrogen) atoms. The summed E-state index contributed by atoms with van der Waals surface area (Å²) in [6.07, 6.45) is 9.53. The molecule has 1 saturated heterocycles. The third-order valence-corrected chi connectivity index (χ3v) is 4.81. The van der Waals surface area contributed by atoms with Gasteiger partial charge in [0.05, 0.1) is 0 Å². The second kappa shape index (κ2) is 6.40. The van der Waals surface area contributed by atoms with E-state index in [0.29, 0.717) is 0 Å². The number of carbonyl (C=O) groups is 1. The molecular formula is C16H16N6OS. The standard InChI is InChI=1S/C16H16N6OS/c23-14(4-3-13-2-1-9-24-13)19-12-5-7-21(10-12)15-16-20-18-11-22(16)8-6-17-15/h1-4,6,8-9,11-12H,5,7,10H2,(H,19,23). The van der Waals surface area contributed by atoms with Gasteiger partial charge in [0.1, 0.15) is 6.33 Å². The SMILES string of the molecule is O=C(C=Cc1cccs1)NC1CCN(c2nccn3cnnc23)C1. The highest BCUT2D eigenvalue weighted by Gasteiger charge is 2.26. The largest absolute Gasteiger partial charge is 0.351 e. The van der Waals surface area contributed by atoms with E-state index in [2.05, 4.69) is 25.4 Å². The molecule has 1 aliphatic rings. The molecule has 3 aromatic rings.